The normalized spacial score (nSPS) is 7.90. The van der Waals surface area contributed by atoms with Gasteiger partial charge in [-0.2, -0.15) is 0 Å². The van der Waals surface area contributed by atoms with Gasteiger partial charge in [-0.3, -0.25) is 0 Å². The topological polar surface area (TPSA) is 0 Å². The van der Waals surface area contributed by atoms with E-state index in [2.05, 4.69) is 20.4 Å². The minimum Gasteiger partial charge on any atom is -0.103 e. The lowest BCUT2D eigenvalue weighted by Gasteiger charge is -1.90. The third-order valence-electron chi connectivity index (χ3n) is 1.21. The van der Waals surface area contributed by atoms with Crippen molar-refractivity contribution < 1.29 is 0 Å². The molecule has 0 atom stereocenters. The van der Waals surface area contributed by atoms with Crippen LogP contribution in [0, 0.1) is 0 Å². The summed E-state index contributed by atoms with van der Waals surface area (Å²) < 4.78 is 0. The average molecular weight is 142 g/mol. The lowest BCUT2D eigenvalue weighted by atomic mass is 10.2. The van der Waals surface area contributed by atoms with Gasteiger partial charge in [-0.25, -0.2) is 0 Å². The predicted octanol–water partition coefficient (Wildman–Crippen LogP) is 4.17. The molecule has 0 amide bonds. The van der Waals surface area contributed by atoms with Crippen molar-refractivity contribution >= 4 is 0 Å². The van der Waals surface area contributed by atoms with Crippen molar-refractivity contribution in [1.29, 1.82) is 0 Å². The molecule has 62 valence electrons. The van der Waals surface area contributed by atoms with Gasteiger partial charge < -0.3 is 0 Å². The summed E-state index contributed by atoms with van der Waals surface area (Å²) >= 11 is 0. The molecule has 0 radical (unpaired) electrons. The van der Waals surface area contributed by atoms with Crippen molar-refractivity contribution in [3.8, 4) is 0 Å². The molecule has 0 heteroatoms. The van der Waals surface area contributed by atoms with E-state index in [0.29, 0.717) is 0 Å². The maximum absolute atomic E-state index is 3.36. The second-order valence-electron chi connectivity index (χ2n) is 2.47. The molecular formula is C10H22. The first kappa shape index (κ1) is 12.4. The SMILES string of the molecule is C=CC.CCCCCCC. The van der Waals surface area contributed by atoms with Gasteiger partial charge in [0.1, 0.15) is 0 Å². The van der Waals surface area contributed by atoms with E-state index in [1.807, 2.05) is 6.92 Å². The first-order chi connectivity index (χ1) is 4.83. The molecule has 0 aromatic rings. The van der Waals surface area contributed by atoms with Gasteiger partial charge in [-0.05, 0) is 6.92 Å². The quantitative estimate of drug-likeness (QED) is 0.408. The highest BCUT2D eigenvalue weighted by Crippen LogP contribution is 2.00. The summed E-state index contributed by atoms with van der Waals surface area (Å²) in [7, 11) is 0. The molecular weight excluding hydrogens is 120 g/mol. The second kappa shape index (κ2) is 15.9. The molecule has 0 N–H and O–H groups in total. The van der Waals surface area contributed by atoms with Crippen molar-refractivity contribution in [2.45, 2.75) is 52.9 Å². The minimum absolute atomic E-state index is 1.36. The maximum Gasteiger partial charge on any atom is -0.0473 e. The Morgan fingerprint density at radius 1 is 1.00 bits per heavy atom. The number of hydrogen-bond acceptors (Lipinski definition) is 0. The predicted molar refractivity (Wildman–Crippen MR) is 50.3 cm³/mol. The van der Waals surface area contributed by atoms with E-state index >= 15 is 0 Å². The molecule has 10 heavy (non-hydrogen) atoms. The Bertz CT molecular complexity index is 42.0. The monoisotopic (exact) mass is 142 g/mol. The summed E-state index contributed by atoms with van der Waals surface area (Å²) in [5.41, 5.74) is 0. The Morgan fingerprint density at radius 3 is 1.50 bits per heavy atom. The number of rotatable bonds is 4. The van der Waals surface area contributed by atoms with Gasteiger partial charge in [-0.1, -0.05) is 52.0 Å². The Morgan fingerprint density at radius 2 is 1.30 bits per heavy atom. The molecule has 0 bridgehead atoms. The van der Waals surface area contributed by atoms with E-state index in [9.17, 15) is 0 Å². The summed E-state index contributed by atoms with van der Waals surface area (Å²) in [6.07, 6.45) is 8.76. The van der Waals surface area contributed by atoms with E-state index < -0.39 is 0 Å². The van der Waals surface area contributed by atoms with Crippen LogP contribution < -0.4 is 0 Å². The number of hydrogen-bond donors (Lipinski definition) is 0. The highest BCUT2D eigenvalue weighted by Gasteiger charge is 1.80. The van der Waals surface area contributed by atoms with E-state index in [-0.39, 0.29) is 0 Å². The summed E-state index contributed by atoms with van der Waals surface area (Å²) in [6.45, 7) is 9.74. The zero-order chi connectivity index (χ0) is 8.24. The Hall–Kier alpha value is -0.260. The molecule has 0 aliphatic rings. The summed E-state index contributed by atoms with van der Waals surface area (Å²) in [4.78, 5) is 0. The standard InChI is InChI=1S/C7H16.C3H6/c1-3-5-7-6-4-2;1-3-2/h3-7H2,1-2H3;3H,1H2,2H3. The van der Waals surface area contributed by atoms with Crippen molar-refractivity contribution in [2.24, 2.45) is 0 Å². The van der Waals surface area contributed by atoms with Crippen molar-refractivity contribution in [3.05, 3.63) is 12.7 Å². The molecule has 0 aromatic heterocycles. The molecule has 0 aromatic carbocycles. The molecule has 0 spiro atoms. The zero-order valence-corrected chi connectivity index (χ0v) is 7.82. The molecule has 0 rings (SSSR count). The average Bonchev–Trinajstić information content (AvgIpc) is 1.91. The Balaban J connectivity index is 0. The summed E-state index contributed by atoms with van der Waals surface area (Å²) in [5.74, 6) is 0. The van der Waals surface area contributed by atoms with Crippen LogP contribution in [-0.4, -0.2) is 0 Å². The van der Waals surface area contributed by atoms with Crippen LogP contribution in [0.3, 0.4) is 0 Å². The van der Waals surface area contributed by atoms with Crippen molar-refractivity contribution in [2.75, 3.05) is 0 Å². The van der Waals surface area contributed by atoms with Crippen LogP contribution in [-0.2, 0) is 0 Å². The fourth-order valence-corrected chi connectivity index (χ4v) is 0.677. The summed E-state index contributed by atoms with van der Waals surface area (Å²) in [6, 6.07) is 0. The minimum atomic E-state index is 1.36. The third-order valence-corrected chi connectivity index (χ3v) is 1.21. The second-order valence-corrected chi connectivity index (χ2v) is 2.47. The van der Waals surface area contributed by atoms with Crippen LogP contribution >= 0.6 is 0 Å². The molecule has 0 fully saturated rings. The fraction of sp³-hybridized carbons (Fsp3) is 0.800. The molecule has 0 saturated carbocycles. The van der Waals surface area contributed by atoms with Crippen LogP contribution in [0.2, 0.25) is 0 Å². The van der Waals surface area contributed by atoms with Gasteiger partial charge in [0.15, 0.2) is 0 Å². The maximum atomic E-state index is 3.36. The van der Waals surface area contributed by atoms with Crippen molar-refractivity contribution in [3.63, 3.8) is 0 Å². The molecule has 0 unspecified atom stereocenters. The first-order valence-corrected chi connectivity index (χ1v) is 4.40. The van der Waals surface area contributed by atoms with Crippen LogP contribution in [0.25, 0.3) is 0 Å². The van der Waals surface area contributed by atoms with E-state index in [1.165, 1.54) is 32.1 Å². The Labute approximate surface area is 66.3 Å². The number of allylic oxidation sites excluding steroid dienone is 1. The smallest absolute Gasteiger partial charge is 0.0473 e. The van der Waals surface area contributed by atoms with Crippen LogP contribution in [0.1, 0.15) is 52.9 Å². The van der Waals surface area contributed by atoms with Crippen LogP contribution in [0.5, 0.6) is 0 Å². The molecule has 0 aliphatic heterocycles. The highest BCUT2D eigenvalue weighted by molar-refractivity contribution is 4.51. The van der Waals surface area contributed by atoms with E-state index in [1.54, 1.807) is 6.08 Å². The lowest BCUT2D eigenvalue weighted by Crippen LogP contribution is -1.70. The van der Waals surface area contributed by atoms with Gasteiger partial charge in [0, 0.05) is 0 Å². The first-order valence-electron chi connectivity index (χ1n) is 4.40. The van der Waals surface area contributed by atoms with Gasteiger partial charge in [0.05, 0.1) is 0 Å². The molecule has 0 heterocycles. The largest absolute Gasteiger partial charge is 0.103 e. The molecule has 0 nitrogen and oxygen atoms in total. The zero-order valence-electron chi connectivity index (χ0n) is 7.82. The lowest BCUT2D eigenvalue weighted by molar-refractivity contribution is 0.656. The van der Waals surface area contributed by atoms with Crippen molar-refractivity contribution in [1.82, 2.24) is 0 Å². The van der Waals surface area contributed by atoms with Gasteiger partial charge in [-0.15, -0.1) is 6.58 Å². The number of unbranched alkanes of at least 4 members (excludes halogenated alkanes) is 4. The van der Waals surface area contributed by atoms with Gasteiger partial charge in [0.2, 0.25) is 0 Å². The molecule has 0 saturated heterocycles. The van der Waals surface area contributed by atoms with E-state index in [0.717, 1.165) is 0 Å². The van der Waals surface area contributed by atoms with E-state index in [4.69, 9.17) is 0 Å². The van der Waals surface area contributed by atoms with Crippen LogP contribution in [0.4, 0.5) is 0 Å². The fourth-order valence-electron chi connectivity index (χ4n) is 0.677. The van der Waals surface area contributed by atoms with Crippen LogP contribution in [0.15, 0.2) is 12.7 Å². The van der Waals surface area contributed by atoms with Gasteiger partial charge in [0.25, 0.3) is 0 Å². The Kier molecular flexibility index (Phi) is 19.7. The third kappa shape index (κ3) is 25.1. The molecule has 0 aliphatic carbocycles. The highest BCUT2D eigenvalue weighted by atomic mass is 13.9. The van der Waals surface area contributed by atoms with Gasteiger partial charge >= 0.3 is 0 Å². The summed E-state index contributed by atoms with van der Waals surface area (Å²) in [5, 5.41) is 0.